The van der Waals surface area contributed by atoms with Gasteiger partial charge in [-0.25, -0.2) is 0 Å². The quantitative estimate of drug-likeness (QED) is 0.849. The van der Waals surface area contributed by atoms with Crippen molar-refractivity contribution in [2.75, 3.05) is 17.3 Å². The maximum Gasteiger partial charge on any atom is 0.280 e. The van der Waals surface area contributed by atoms with E-state index in [9.17, 15) is 9.59 Å². The molecule has 1 unspecified atom stereocenters. The fraction of sp³-hybridized carbons (Fsp3) is 0.333. The van der Waals surface area contributed by atoms with Gasteiger partial charge in [0.25, 0.3) is 17.4 Å². The van der Waals surface area contributed by atoms with Gasteiger partial charge < -0.3 is 9.64 Å². The first-order chi connectivity index (χ1) is 10.8. The van der Waals surface area contributed by atoms with Crippen LogP contribution in [0.25, 0.3) is 0 Å². The topological polar surface area (TPSA) is 84.4 Å². The van der Waals surface area contributed by atoms with Gasteiger partial charge in [-0.1, -0.05) is 17.4 Å². The molecule has 0 spiro atoms. The van der Waals surface area contributed by atoms with E-state index >= 15 is 0 Å². The Balaban J connectivity index is 1.93. The molecule has 1 aliphatic rings. The minimum atomic E-state index is -1.66. The van der Waals surface area contributed by atoms with Crippen molar-refractivity contribution in [3.63, 3.8) is 0 Å². The number of nitrogens with one attached hydrogen (secondary N) is 1. The summed E-state index contributed by atoms with van der Waals surface area (Å²) in [5.74, 6) is -0.519. The number of ether oxygens (including phenoxy) is 1. The molecule has 1 aromatic carbocycles. The van der Waals surface area contributed by atoms with Crippen molar-refractivity contribution in [3.8, 4) is 5.75 Å². The molecule has 2 amide bonds. The zero-order valence-electron chi connectivity index (χ0n) is 13.2. The first-order valence-electron chi connectivity index (χ1n) is 7.00. The lowest BCUT2D eigenvalue weighted by molar-refractivity contribution is -0.144. The molecule has 0 aliphatic carbocycles. The van der Waals surface area contributed by atoms with Gasteiger partial charge in [-0.2, -0.15) is 0 Å². The van der Waals surface area contributed by atoms with Gasteiger partial charge in [0, 0.05) is 7.05 Å². The Kier molecular flexibility index (Phi) is 3.56. The summed E-state index contributed by atoms with van der Waals surface area (Å²) in [6.07, 6.45) is 0. The fourth-order valence-corrected chi connectivity index (χ4v) is 2.96. The zero-order valence-corrected chi connectivity index (χ0v) is 14.0. The Morgan fingerprint density at radius 1 is 1.35 bits per heavy atom. The second kappa shape index (κ2) is 5.31. The molecule has 1 N–H and O–H groups in total. The summed E-state index contributed by atoms with van der Waals surface area (Å²) < 4.78 is 5.75. The molecule has 8 heteroatoms. The molecule has 0 fully saturated rings. The van der Waals surface area contributed by atoms with Crippen LogP contribution in [0.2, 0.25) is 0 Å². The summed E-state index contributed by atoms with van der Waals surface area (Å²) in [6.45, 7) is 5.17. The van der Waals surface area contributed by atoms with Crippen LogP contribution < -0.4 is 15.0 Å². The third-order valence-electron chi connectivity index (χ3n) is 3.68. The number of likely N-dealkylation sites (N-methyl/N-ethyl adjacent to an activating group) is 1. The van der Waals surface area contributed by atoms with E-state index in [-0.39, 0.29) is 0 Å². The molecular formula is C15H16N4O3S. The van der Waals surface area contributed by atoms with Crippen molar-refractivity contribution < 1.29 is 14.3 Å². The molecule has 120 valence electrons. The summed E-state index contributed by atoms with van der Waals surface area (Å²) in [6, 6.07) is 5.47. The van der Waals surface area contributed by atoms with Crippen LogP contribution in [0.5, 0.6) is 5.75 Å². The van der Waals surface area contributed by atoms with E-state index in [1.807, 2.05) is 19.1 Å². The van der Waals surface area contributed by atoms with Crippen molar-refractivity contribution in [2.45, 2.75) is 26.4 Å². The van der Waals surface area contributed by atoms with Crippen molar-refractivity contribution in [3.05, 3.63) is 28.8 Å². The van der Waals surface area contributed by atoms with E-state index in [0.29, 0.717) is 16.6 Å². The number of nitrogens with zero attached hydrogens (tertiary/aromatic N) is 3. The molecule has 7 nitrogen and oxygen atoms in total. The molecule has 1 atom stereocenters. The highest BCUT2D eigenvalue weighted by atomic mass is 32.1. The van der Waals surface area contributed by atoms with Crippen LogP contribution in [0.1, 0.15) is 17.5 Å². The molecular weight excluding hydrogens is 316 g/mol. The number of carbonyl (C=O) groups is 2. The molecule has 23 heavy (non-hydrogen) atoms. The van der Waals surface area contributed by atoms with Gasteiger partial charge in [-0.05, 0) is 38.5 Å². The lowest BCUT2D eigenvalue weighted by Crippen LogP contribution is -2.59. The third-order valence-corrected chi connectivity index (χ3v) is 4.44. The Bertz CT molecular complexity index is 804. The smallest absolute Gasteiger partial charge is 0.280 e. The summed E-state index contributed by atoms with van der Waals surface area (Å²) in [7, 11) is 1.63. The highest BCUT2D eigenvalue weighted by molar-refractivity contribution is 7.15. The number of rotatable bonds is 2. The van der Waals surface area contributed by atoms with E-state index in [4.69, 9.17) is 4.74 Å². The Labute approximate surface area is 137 Å². The molecule has 3 rings (SSSR count). The second-order valence-electron chi connectivity index (χ2n) is 5.55. The van der Waals surface area contributed by atoms with Gasteiger partial charge in [-0.15, -0.1) is 10.2 Å². The lowest BCUT2D eigenvalue weighted by Gasteiger charge is -2.37. The van der Waals surface area contributed by atoms with Crippen LogP contribution in [0.3, 0.4) is 0 Å². The standard InChI is InChI=1S/C15H16N4O3S/c1-8-5-6-11-10(7-8)19(4)13(21)15(3,22-11)12(20)16-14-18-17-9(2)23-14/h5-7H,1-4H3,(H,16,18,20). The van der Waals surface area contributed by atoms with Crippen LogP contribution in [-0.4, -0.2) is 34.7 Å². The summed E-state index contributed by atoms with van der Waals surface area (Å²) in [4.78, 5) is 26.7. The SMILES string of the molecule is Cc1ccc2c(c1)N(C)C(=O)C(C)(C(=O)Nc1nnc(C)s1)O2. The number of anilines is 2. The molecule has 1 aromatic heterocycles. The van der Waals surface area contributed by atoms with E-state index in [1.165, 1.54) is 23.2 Å². The predicted molar refractivity (Wildman–Crippen MR) is 86.9 cm³/mol. The van der Waals surface area contributed by atoms with E-state index in [1.54, 1.807) is 20.0 Å². The van der Waals surface area contributed by atoms with Crippen LogP contribution in [0, 0.1) is 13.8 Å². The molecule has 0 saturated carbocycles. The fourth-order valence-electron chi connectivity index (χ4n) is 2.38. The minimum absolute atomic E-state index is 0.336. The van der Waals surface area contributed by atoms with E-state index < -0.39 is 17.4 Å². The van der Waals surface area contributed by atoms with Gasteiger partial charge in [0.2, 0.25) is 5.13 Å². The monoisotopic (exact) mass is 332 g/mol. The Morgan fingerprint density at radius 2 is 2.09 bits per heavy atom. The third kappa shape index (κ3) is 2.55. The van der Waals surface area contributed by atoms with Crippen LogP contribution in [-0.2, 0) is 9.59 Å². The average Bonchev–Trinajstić information content (AvgIpc) is 2.91. The molecule has 0 radical (unpaired) electrons. The normalized spacial score (nSPS) is 20.0. The number of carbonyl (C=O) groups excluding carboxylic acids is 2. The van der Waals surface area contributed by atoms with E-state index in [0.717, 1.165) is 10.6 Å². The van der Waals surface area contributed by atoms with Crippen molar-refractivity contribution in [1.29, 1.82) is 0 Å². The molecule has 0 bridgehead atoms. The first kappa shape index (κ1) is 15.4. The number of hydrogen-bond acceptors (Lipinski definition) is 6. The highest BCUT2D eigenvalue weighted by Gasteiger charge is 2.50. The van der Waals surface area contributed by atoms with Crippen molar-refractivity contribution >= 4 is 34.0 Å². The van der Waals surface area contributed by atoms with Gasteiger partial charge >= 0.3 is 0 Å². The number of benzene rings is 1. The van der Waals surface area contributed by atoms with Gasteiger partial charge in [-0.3, -0.25) is 14.9 Å². The van der Waals surface area contributed by atoms with E-state index in [2.05, 4.69) is 15.5 Å². The summed E-state index contributed by atoms with van der Waals surface area (Å²) in [5, 5.41) is 11.3. The zero-order chi connectivity index (χ0) is 16.8. The minimum Gasteiger partial charge on any atom is -0.465 e. The predicted octanol–water partition coefficient (Wildman–Crippen LogP) is 1.91. The molecule has 2 heterocycles. The summed E-state index contributed by atoms with van der Waals surface area (Å²) in [5.41, 5.74) is -0.00670. The largest absolute Gasteiger partial charge is 0.465 e. The molecule has 2 aromatic rings. The molecule has 0 saturated heterocycles. The Morgan fingerprint density at radius 3 is 2.74 bits per heavy atom. The van der Waals surface area contributed by atoms with Gasteiger partial charge in [0.1, 0.15) is 10.8 Å². The highest BCUT2D eigenvalue weighted by Crippen LogP contribution is 2.38. The molecule has 1 aliphatic heterocycles. The van der Waals surface area contributed by atoms with Crippen LogP contribution >= 0.6 is 11.3 Å². The Hall–Kier alpha value is -2.48. The number of hydrogen-bond donors (Lipinski definition) is 1. The maximum absolute atomic E-state index is 12.7. The lowest BCUT2D eigenvalue weighted by atomic mass is 10.00. The second-order valence-corrected chi connectivity index (χ2v) is 6.73. The number of amides is 2. The average molecular weight is 332 g/mol. The van der Waals surface area contributed by atoms with Crippen molar-refractivity contribution in [2.24, 2.45) is 0 Å². The number of fused-ring (bicyclic) bond motifs is 1. The maximum atomic E-state index is 12.7. The van der Waals surface area contributed by atoms with Gasteiger partial charge in [0.15, 0.2) is 0 Å². The van der Waals surface area contributed by atoms with Crippen LogP contribution in [0.15, 0.2) is 18.2 Å². The van der Waals surface area contributed by atoms with Crippen molar-refractivity contribution in [1.82, 2.24) is 10.2 Å². The van der Waals surface area contributed by atoms with Crippen LogP contribution in [0.4, 0.5) is 10.8 Å². The summed E-state index contributed by atoms with van der Waals surface area (Å²) >= 11 is 1.23. The van der Waals surface area contributed by atoms with Gasteiger partial charge in [0.05, 0.1) is 5.69 Å². The number of aryl methyl sites for hydroxylation is 2. The number of aromatic nitrogens is 2. The first-order valence-corrected chi connectivity index (χ1v) is 7.82.